The van der Waals surface area contributed by atoms with Gasteiger partial charge in [0, 0.05) is 18.7 Å². The molecule has 0 bridgehead atoms. The van der Waals surface area contributed by atoms with E-state index in [1.165, 1.54) is 12.1 Å². The van der Waals surface area contributed by atoms with Crippen molar-refractivity contribution in [1.29, 1.82) is 0 Å². The predicted molar refractivity (Wildman–Crippen MR) is 84.2 cm³/mol. The van der Waals surface area contributed by atoms with Crippen LogP contribution in [0, 0.1) is 0 Å². The van der Waals surface area contributed by atoms with Crippen LogP contribution in [0.3, 0.4) is 0 Å². The second-order valence-corrected chi connectivity index (χ2v) is 5.58. The van der Waals surface area contributed by atoms with Crippen molar-refractivity contribution in [3.63, 3.8) is 0 Å². The first-order valence-corrected chi connectivity index (χ1v) is 7.47. The third-order valence-electron chi connectivity index (χ3n) is 3.23. The zero-order valence-electron chi connectivity index (χ0n) is 13.2. The Balaban J connectivity index is 1.98. The predicted octanol–water partition coefficient (Wildman–Crippen LogP) is 4.78. The molecule has 0 saturated heterocycles. The van der Waals surface area contributed by atoms with Crippen molar-refractivity contribution in [3.8, 4) is 5.75 Å². The minimum Gasteiger partial charge on any atom is -0.491 e. The summed E-state index contributed by atoms with van der Waals surface area (Å²) >= 11 is 0. The molecule has 0 atom stereocenters. The average molecular weight is 323 g/mol. The van der Waals surface area contributed by atoms with Gasteiger partial charge in [-0.3, -0.25) is 0 Å². The summed E-state index contributed by atoms with van der Waals surface area (Å²) in [6, 6.07) is 13.0. The van der Waals surface area contributed by atoms with Crippen LogP contribution in [0.1, 0.15) is 30.5 Å². The molecule has 0 radical (unpaired) electrons. The number of halogens is 3. The number of benzene rings is 2. The molecule has 0 saturated carbocycles. The van der Waals surface area contributed by atoms with E-state index in [1.54, 1.807) is 6.07 Å². The summed E-state index contributed by atoms with van der Waals surface area (Å²) in [6.07, 6.45) is -4.24. The molecule has 2 nitrogen and oxygen atoms in total. The number of alkyl halides is 3. The van der Waals surface area contributed by atoms with Gasteiger partial charge in [-0.2, -0.15) is 13.2 Å². The van der Waals surface area contributed by atoms with Gasteiger partial charge in [-0.25, -0.2) is 0 Å². The second-order valence-electron chi connectivity index (χ2n) is 5.58. The SMILES string of the molecule is CC(C)Oc1ccccc1CNCc1cccc(C(F)(F)F)c1. The molecule has 0 amide bonds. The Morgan fingerprint density at radius 2 is 1.74 bits per heavy atom. The molecule has 1 N–H and O–H groups in total. The van der Waals surface area contributed by atoms with Gasteiger partial charge in [0.25, 0.3) is 0 Å². The molecule has 0 heterocycles. The van der Waals surface area contributed by atoms with E-state index in [2.05, 4.69) is 5.32 Å². The average Bonchev–Trinajstić information content (AvgIpc) is 2.48. The minimum absolute atomic E-state index is 0.0691. The van der Waals surface area contributed by atoms with Crippen molar-refractivity contribution >= 4 is 0 Å². The summed E-state index contributed by atoms with van der Waals surface area (Å²) in [7, 11) is 0. The van der Waals surface area contributed by atoms with Gasteiger partial charge in [-0.05, 0) is 31.5 Å². The summed E-state index contributed by atoms with van der Waals surface area (Å²) in [4.78, 5) is 0. The van der Waals surface area contributed by atoms with Crippen LogP contribution in [-0.4, -0.2) is 6.10 Å². The van der Waals surface area contributed by atoms with Crippen LogP contribution in [0.25, 0.3) is 0 Å². The molecular formula is C18H20F3NO. The highest BCUT2D eigenvalue weighted by molar-refractivity contribution is 5.33. The standard InChI is InChI=1S/C18H20F3NO/c1-13(2)23-17-9-4-3-7-15(17)12-22-11-14-6-5-8-16(10-14)18(19,20)21/h3-10,13,22H,11-12H2,1-2H3. The molecule has 23 heavy (non-hydrogen) atoms. The molecule has 0 aliphatic heterocycles. The molecule has 2 rings (SSSR count). The maximum absolute atomic E-state index is 12.7. The largest absolute Gasteiger partial charge is 0.491 e. The second kappa shape index (κ2) is 7.51. The molecule has 2 aromatic rings. The van der Waals surface area contributed by atoms with Gasteiger partial charge in [-0.15, -0.1) is 0 Å². The van der Waals surface area contributed by atoms with Crippen LogP contribution in [0.5, 0.6) is 5.75 Å². The van der Waals surface area contributed by atoms with E-state index in [-0.39, 0.29) is 6.10 Å². The Morgan fingerprint density at radius 3 is 2.43 bits per heavy atom. The number of rotatable bonds is 6. The number of nitrogens with one attached hydrogen (secondary N) is 1. The molecule has 0 aromatic heterocycles. The van der Waals surface area contributed by atoms with Crippen LogP contribution in [0.4, 0.5) is 13.2 Å². The summed E-state index contributed by atoms with van der Waals surface area (Å²) in [5, 5.41) is 3.16. The number of hydrogen-bond donors (Lipinski definition) is 1. The summed E-state index contributed by atoms with van der Waals surface area (Å²) in [5.74, 6) is 0.791. The maximum atomic E-state index is 12.7. The van der Waals surface area contributed by atoms with Gasteiger partial charge in [-0.1, -0.05) is 36.4 Å². The molecule has 5 heteroatoms. The normalized spacial score (nSPS) is 11.7. The van der Waals surface area contributed by atoms with E-state index in [1.807, 2.05) is 38.1 Å². The van der Waals surface area contributed by atoms with Crippen LogP contribution < -0.4 is 10.1 Å². The Morgan fingerprint density at radius 1 is 1.00 bits per heavy atom. The lowest BCUT2D eigenvalue weighted by Crippen LogP contribution is -2.15. The van der Waals surface area contributed by atoms with Crippen molar-refractivity contribution in [2.75, 3.05) is 0 Å². The highest BCUT2D eigenvalue weighted by atomic mass is 19.4. The third-order valence-corrected chi connectivity index (χ3v) is 3.23. The maximum Gasteiger partial charge on any atom is 0.416 e. The molecule has 0 aliphatic carbocycles. The molecule has 2 aromatic carbocycles. The van der Waals surface area contributed by atoms with E-state index in [4.69, 9.17) is 4.74 Å². The molecule has 0 unspecified atom stereocenters. The zero-order valence-corrected chi connectivity index (χ0v) is 13.2. The Kier molecular flexibility index (Phi) is 5.66. The lowest BCUT2D eigenvalue weighted by molar-refractivity contribution is -0.137. The van der Waals surface area contributed by atoms with E-state index in [0.29, 0.717) is 18.7 Å². The van der Waals surface area contributed by atoms with Gasteiger partial charge >= 0.3 is 6.18 Å². The van der Waals surface area contributed by atoms with E-state index in [0.717, 1.165) is 17.4 Å². The van der Waals surface area contributed by atoms with E-state index in [9.17, 15) is 13.2 Å². The number of para-hydroxylation sites is 1. The molecular weight excluding hydrogens is 303 g/mol. The lowest BCUT2D eigenvalue weighted by Gasteiger charge is -2.15. The van der Waals surface area contributed by atoms with Gasteiger partial charge in [0.15, 0.2) is 0 Å². The monoisotopic (exact) mass is 323 g/mol. The highest BCUT2D eigenvalue weighted by Gasteiger charge is 2.30. The smallest absolute Gasteiger partial charge is 0.416 e. The first-order valence-electron chi connectivity index (χ1n) is 7.47. The molecule has 0 spiro atoms. The Bertz CT molecular complexity index is 638. The number of hydrogen-bond acceptors (Lipinski definition) is 2. The van der Waals surface area contributed by atoms with Crippen molar-refractivity contribution in [2.24, 2.45) is 0 Å². The Labute approximate surface area is 134 Å². The zero-order chi connectivity index (χ0) is 16.9. The fourth-order valence-electron chi connectivity index (χ4n) is 2.22. The van der Waals surface area contributed by atoms with Crippen molar-refractivity contribution < 1.29 is 17.9 Å². The van der Waals surface area contributed by atoms with Gasteiger partial charge in [0.1, 0.15) is 5.75 Å². The van der Waals surface area contributed by atoms with Gasteiger partial charge < -0.3 is 10.1 Å². The van der Waals surface area contributed by atoms with Crippen molar-refractivity contribution in [2.45, 2.75) is 39.2 Å². The van der Waals surface area contributed by atoms with Crippen LogP contribution in [0.15, 0.2) is 48.5 Å². The van der Waals surface area contributed by atoms with Gasteiger partial charge in [0.05, 0.1) is 11.7 Å². The third kappa shape index (κ3) is 5.28. The van der Waals surface area contributed by atoms with Gasteiger partial charge in [0.2, 0.25) is 0 Å². The number of ether oxygens (including phenoxy) is 1. The topological polar surface area (TPSA) is 21.3 Å². The fourth-order valence-corrected chi connectivity index (χ4v) is 2.22. The fraction of sp³-hybridized carbons (Fsp3) is 0.333. The molecule has 0 fully saturated rings. The van der Waals surface area contributed by atoms with Crippen molar-refractivity contribution in [1.82, 2.24) is 5.32 Å². The van der Waals surface area contributed by atoms with E-state index >= 15 is 0 Å². The summed E-state index contributed by atoms with van der Waals surface area (Å²) in [6.45, 7) is 4.79. The Hall–Kier alpha value is -2.01. The van der Waals surface area contributed by atoms with Crippen LogP contribution in [-0.2, 0) is 19.3 Å². The van der Waals surface area contributed by atoms with Crippen LogP contribution in [0.2, 0.25) is 0 Å². The quantitative estimate of drug-likeness (QED) is 0.826. The summed E-state index contributed by atoms with van der Waals surface area (Å²) in [5.41, 5.74) is 0.954. The molecule has 124 valence electrons. The lowest BCUT2D eigenvalue weighted by atomic mass is 10.1. The highest BCUT2D eigenvalue weighted by Crippen LogP contribution is 2.29. The minimum atomic E-state index is -4.31. The van der Waals surface area contributed by atoms with Crippen molar-refractivity contribution in [3.05, 3.63) is 65.2 Å². The molecule has 0 aliphatic rings. The first-order chi connectivity index (χ1) is 10.9. The van der Waals surface area contributed by atoms with Crippen LogP contribution >= 0.6 is 0 Å². The van der Waals surface area contributed by atoms with E-state index < -0.39 is 11.7 Å². The summed E-state index contributed by atoms with van der Waals surface area (Å²) < 4.78 is 43.8. The first kappa shape index (κ1) is 17.3.